The Bertz CT molecular complexity index is 582. The van der Waals surface area contributed by atoms with Crippen LogP contribution in [0.25, 0.3) is 11.0 Å². The highest BCUT2D eigenvalue weighted by Gasteiger charge is 2.34. The molecule has 2 fully saturated rings. The molecule has 94 valence electrons. The lowest BCUT2D eigenvalue weighted by Gasteiger charge is -2.16. The van der Waals surface area contributed by atoms with Gasteiger partial charge in [0.15, 0.2) is 0 Å². The van der Waals surface area contributed by atoms with Crippen molar-refractivity contribution in [2.45, 2.75) is 31.7 Å². The molecule has 2 heterocycles. The van der Waals surface area contributed by atoms with E-state index >= 15 is 0 Å². The smallest absolute Gasteiger partial charge is 0.114 e. The van der Waals surface area contributed by atoms with Crippen LogP contribution in [-0.2, 0) is 0 Å². The zero-order valence-corrected chi connectivity index (χ0v) is 10.8. The lowest BCUT2D eigenvalue weighted by molar-refractivity contribution is 0.519. The summed E-state index contributed by atoms with van der Waals surface area (Å²) in [6, 6.07) is 9.29. The van der Waals surface area contributed by atoms with Crippen molar-refractivity contribution < 1.29 is 0 Å². The van der Waals surface area contributed by atoms with Crippen molar-refractivity contribution >= 4 is 11.0 Å². The zero-order valence-electron chi connectivity index (χ0n) is 10.8. The van der Waals surface area contributed by atoms with Crippen molar-refractivity contribution in [1.29, 1.82) is 0 Å². The van der Waals surface area contributed by atoms with Crippen molar-refractivity contribution in [3.8, 4) is 0 Å². The molecule has 3 heteroatoms. The van der Waals surface area contributed by atoms with Gasteiger partial charge in [-0.3, -0.25) is 0 Å². The summed E-state index contributed by atoms with van der Waals surface area (Å²) in [4.78, 5) is 4.93. The minimum atomic E-state index is 0.581. The average molecular weight is 241 g/mol. The number of benzene rings is 1. The van der Waals surface area contributed by atoms with Crippen LogP contribution in [0.2, 0.25) is 0 Å². The maximum absolute atomic E-state index is 4.93. The predicted octanol–water partition coefficient (Wildman–Crippen LogP) is 2.69. The summed E-state index contributed by atoms with van der Waals surface area (Å²) in [5.74, 6) is 2.59. The molecule has 3 nitrogen and oxygen atoms in total. The van der Waals surface area contributed by atoms with E-state index in [9.17, 15) is 0 Å². The Labute approximate surface area is 107 Å². The van der Waals surface area contributed by atoms with Crippen LogP contribution in [0.4, 0.5) is 0 Å². The topological polar surface area (TPSA) is 29.9 Å². The average Bonchev–Trinajstić information content (AvgIpc) is 3.01. The Morgan fingerprint density at radius 2 is 2.06 bits per heavy atom. The molecule has 1 aromatic carbocycles. The summed E-state index contributed by atoms with van der Waals surface area (Å²) >= 11 is 0. The first-order chi connectivity index (χ1) is 8.84. The number of fused-ring (bicyclic) bond motifs is 1. The fourth-order valence-electron chi connectivity index (χ4n) is 3.20. The van der Waals surface area contributed by atoms with Gasteiger partial charge in [0.1, 0.15) is 5.82 Å². The molecular formula is C15H19N3. The van der Waals surface area contributed by atoms with Gasteiger partial charge in [-0.05, 0) is 37.4 Å². The van der Waals surface area contributed by atoms with Crippen molar-refractivity contribution in [3.63, 3.8) is 0 Å². The van der Waals surface area contributed by atoms with E-state index in [4.69, 9.17) is 4.98 Å². The van der Waals surface area contributed by atoms with E-state index < -0.39 is 0 Å². The van der Waals surface area contributed by atoms with Gasteiger partial charge in [-0.1, -0.05) is 19.1 Å². The summed E-state index contributed by atoms with van der Waals surface area (Å²) in [6.07, 6.45) is 2.64. The first-order valence-electron chi connectivity index (χ1n) is 7.02. The van der Waals surface area contributed by atoms with E-state index in [1.54, 1.807) is 0 Å². The second-order valence-corrected chi connectivity index (χ2v) is 5.80. The van der Waals surface area contributed by atoms with Crippen LogP contribution in [-0.4, -0.2) is 22.6 Å². The van der Waals surface area contributed by atoms with Gasteiger partial charge in [-0.2, -0.15) is 0 Å². The number of imidazole rings is 1. The van der Waals surface area contributed by atoms with E-state index in [0.29, 0.717) is 17.9 Å². The minimum absolute atomic E-state index is 0.581. The van der Waals surface area contributed by atoms with E-state index in [-0.39, 0.29) is 0 Å². The summed E-state index contributed by atoms with van der Waals surface area (Å²) < 4.78 is 2.52. The molecule has 4 rings (SSSR count). The lowest BCUT2D eigenvalue weighted by atomic mass is 9.97. The van der Waals surface area contributed by atoms with E-state index in [2.05, 4.69) is 41.1 Å². The molecule has 0 spiro atoms. The molecule has 0 unspecified atom stereocenters. The first kappa shape index (κ1) is 10.6. The second kappa shape index (κ2) is 3.82. The third kappa shape index (κ3) is 1.50. The van der Waals surface area contributed by atoms with E-state index in [0.717, 1.165) is 13.1 Å². The highest BCUT2D eigenvalue weighted by atomic mass is 15.1. The first-order valence-corrected chi connectivity index (χ1v) is 7.02. The van der Waals surface area contributed by atoms with Crippen LogP contribution >= 0.6 is 0 Å². The molecule has 1 saturated carbocycles. The molecule has 0 bridgehead atoms. The van der Waals surface area contributed by atoms with Gasteiger partial charge in [-0.15, -0.1) is 0 Å². The number of para-hydroxylation sites is 2. The summed E-state index contributed by atoms with van der Waals surface area (Å²) in [7, 11) is 0. The maximum Gasteiger partial charge on any atom is 0.114 e. The lowest BCUT2D eigenvalue weighted by Crippen LogP contribution is -2.14. The molecule has 1 N–H and O–H groups in total. The van der Waals surface area contributed by atoms with Crippen LogP contribution in [0.3, 0.4) is 0 Å². The maximum atomic E-state index is 4.93. The van der Waals surface area contributed by atoms with Crippen molar-refractivity contribution in [3.05, 3.63) is 30.1 Å². The van der Waals surface area contributed by atoms with Crippen LogP contribution in [0, 0.1) is 5.92 Å². The Hall–Kier alpha value is -1.35. The SMILES string of the molecule is C[C@@H]1CNC[C@H]1c1nc2ccccc2n1C1CC1. The van der Waals surface area contributed by atoms with Gasteiger partial charge in [0.2, 0.25) is 0 Å². The Morgan fingerprint density at radius 1 is 1.22 bits per heavy atom. The van der Waals surface area contributed by atoms with Crippen LogP contribution in [0.5, 0.6) is 0 Å². The third-order valence-electron chi connectivity index (χ3n) is 4.38. The summed E-state index contributed by atoms with van der Waals surface area (Å²) in [5, 5.41) is 3.50. The molecule has 18 heavy (non-hydrogen) atoms. The molecule has 0 amide bonds. The molecule has 1 saturated heterocycles. The number of nitrogens with zero attached hydrogens (tertiary/aromatic N) is 2. The molecule has 1 aliphatic carbocycles. The van der Waals surface area contributed by atoms with Gasteiger partial charge in [0.25, 0.3) is 0 Å². The van der Waals surface area contributed by atoms with Gasteiger partial charge in [0, 0.05) is 18.5 Å². The molecule has 0 radical (unpaired) electrons. The Balaban J connectivity index is 1.90. The zero-order chi connectivity index (χ0) is 12.1. The molecule has 2 aromatic rings. The highest BCUT2D eigenvalue weighted by molar-refractivity contribution is 5.76. The number of nitrogens with one attached hydrogen (secondary N) is 1. The number of rotatable bonds is 2. The van der Waals surface area contributed by atoms with Gasteiger partial charge >= 0.3 is 0 Å². The largest absolute Gasteiger partial charge is 0.325 e. The second-order valence-electron chi connectivity index (χ2n) is 5.80. The molecular weight excluding hydrogens is 222 g/mol. The monoisotopic (exact) mass is 241 g/mol. The van der Waals surface area contributed by atoms with Crippen LogP contribution in [0.1, 0.15) is 37.5 Å². The van der Waals surface area contributed by atoms with Crippen molar-refractivity contribution in [1.82, 2.24) is 14.9 Å². The molecule has 1 aromatic heterocycles. The number of hydrogen-bond donors (Lipinski definition) is 1. The Morgan fingerprint density at radius 3 is 2.78 bits per heavy atom. The van der Waals surface area contributed by atoms with Crippen LogP contribution in [0.15, 0.2) is 24.3 Å². The summed E-state index contributed by atoms with van der Waals surface area (Å²) in [6.45, 7) is 4.54. The van der Waals surface area contributed by atoms with Crippen LogP contribution < -0.4 is 5.32 Å². The predicted molar refractivity (Wildman–Crippen MR) is 72.8 cm³/mol. The molecule has 1 aliphatic heterocycles. The standard InChI is InChI=1S/C15H19N3/c1-10-8-16-9-12(10)15-17-13-4-2-3-5-14(13)18(15)11-6-7-11/h2-5,10-12,16H,6-9H2,1H3/t10-,12-/m1/s1. The number of hydrogen-bond acceptors (Lipinski definition) is 2. The third-order valence-corrected chi connectivity index (χ3v) is 4.38. The van der Waals surface area contributed by atoms with Gasteiger partial charge in [0.05, 0.1) is 11.0 Å². The van der Waals surface area contributed by atoms with E-state index in [1.807, 2.05) is 0 Å². The van der Waals surface area contributed by atoms with Gasteiger partial charge < -0.3 is 9.88 Å². The fourth-order valence-corrected chi connectivity index (χ4v) is 3.20. The molecule has 2 aliphatic rings. The minimum Gasteiger partial charge on any atom is -0.325 e. The quantitative estimate of drug-likeness (QED) is 0.876. The Kier molecular flexibility index (Phi) is 2.24. The van der Waals surface area contributed by atoms with Crippen molar-refractivity contribution in [2.24, 2.45) is 5.92 Å². The molecule has 2 atom stereocenters. The number of aromatic nitrogens is 2. The fraction of sp³-hybridized carbons (Fsp3) is 0.533. The van der Waals surface area contributed by atoms with E-state index in [1.165, 1.54) is 29.7 Å². The highest BCUT2D eigenvalue weighted by Crippen LogP contribution is 2.41. The summed E-state index contributed by atoms with van der Waals surface area (Å²) in [5.41, 5.74) is 2.49. The van der Waals surface area contributed by atoms with Crippen molar-refractivity contribution in [2.75, 3.05) is 13.1 Å². The normalized spacial score (nSPS) is 28.1. The van der Waals surface area contributed by atoms with Gasteiger partial charge in [-0.25, -0.2) is 4.98 Å².